The maximum atomic E-state index is 12.8. The Kier molecular flexibility index (Phi) is 5.11. The van der Waals surface area contributed by atoms with Crippen molar-refractivity contribution in [2.45, 2.75) is 26.7 Å². The number of carbonyl (C=O) groups is 2. The second-order valence-electron chi connectivity index (χ2n) is 6.07. The summed E-state index contributed by atoms with van der Waals surface area (Å²) in [5, 5.41) is 4.36. The molecule has 1 aromatic carbocycles. The van der Waals surface area contributed by atoms with Crippen molar-refractivity contribution in [3.63, 3.8) is 0 Å². The Morgan fingerprint density at radius 3 is 2.76 bits per heavy atom. The van der Waals surface area contributed by atoms with Gasteiger partial charge in [-0.15, -0.1) is 5.10 Å². The minimum absolute atomic E-state index is 0.158. The number of para-hydroxylation sites is 1. The van der Waals surface area contributed by atoms with E-state index < -0.39 is 0 Å². The smallest absolute Gasteiger partial charge is 0.310 e. The van der Waals surface area contributed by atoms with Crippen molar-refractivity contribution in [3.05, 3.63) is 42.0 Å². The Balaban J connectivity index is 1.76. The number of ether oxygens (including phenoxy) is 1. The van der Waals surface area contributed by atoms with Crippen molar-refractivity contribution in [1.29, 1.82) is 0 Å². The van der Waals surface area contributed by atoms with Gasteiger partial charge in [0.1, 0.15) is 5.82 Å². The number of nitrogens with zero attached hydrogens (tertiary/aromatic N) is 4. The van der Waals surface area contributed by atoms with E-state index in [0.717, 1.165) is 18.5 Å². The van der Waals surface area contributed by atoms with Gasteiger partial charge in [0, 0.05) is 13.1 Å². The van der Waals surface area contributed by atoms with E-state index in [-0.39, 0.29) is 23.6 Å². The molecule has 7 nitrogen and oxygen atoms in total. The Morgan fingerprint density at radius 1 is 1.28 bits per heavy atom. The fourth-order valence-corrected chi connectivity index (χ4v) is 3.05. The van der Waals surface area contributed by atoms with E-state index in [9.17, 15) is 9.59 Å². The van der Waals surface area contributed by atoms with E-state index in [1.54, 1.807) is 16.5 Å². The zero-order valence-electron chi connectivity index (χ0n) is 14.5. The predicted molar refractivity (Wildman–Crippen MR) is 91.4 cm³/mol. The van der Waals surface area contributed by atoms with Crippen LogP contribution in [0.4, 0.5) is 0 Å². The van der Waals surface area contributed by atoms with Crippen LogP contribution in [0.5, 0.6) is 0 Å². The fourth-order valence-electron chi connectivity index (χ4n) is 3.05. The molecule has 1 aromatic heterocycles. The molecule has 0 bridgehead atoms. The van der Waals surface area contributed by atoms with E-state index in [4.69, 9.17) is 4.74 Å². The summed E-state index contributed by atoms with van der Waals surface area (Å²) in [4.78, 5) is 30.7. The van der Waals surface area contributed by atoms with Crippen LogP contribution in [0.3, 0.4) is 0 Å². The van der Waals surface area contributed by atoms with Crippen molar-refractivity contribution in [2.75, 3.05) is 19.7 Å². The maximum absolute atomic E-state index is 12.8. The lowest BCUT2D eigenvalue weighted by Crippen LogP contribution is -2.43. The Bertz CT molecular complexity index is 757. The van der Waals surface area contributed by atoms with Crippen LogP contribution >= 0.6 is 0 Å². The lowest BCUT2D eigenvalue weighted by Gasteiger charge is -2.30. The minimum Gasteiger partial charge on any atom is -0.466 e. The van der Waals surface area contributed by atoms with E-state index in [1.165, 1.54) is 0 Å². The van der Waals surface area contributed by atoms with Crippen molar-refractivity contribution >= 4 is 11.9 Å². The van der Waals surface area contributed by atoms with Crippen LogP contribution in [-0.4, -0.2) is 51.2 Å². The van der Waals surface area contributed by atoms with Crippen molar-refractivity contribution in [2.24, 2.45) is 5.92 Å². The average Bonchev–Trinajstić information content (AvgIpc) is 3.04. The van der Waals surface area contributed by atoms with Gasteiger partial charge in [0.05, 0.1) is 18.2 Å². The van der Waals surface area contributed by atoms with Crippen molar-refractivity contribution in [3.8, 4) is 5.69 Å². The number of benzene rings is 1. The number of amides is 1. The van der Waals surface area contributed by atoms with Gasteiger partial charge in [-0.25, -0.2) is 9.67 Å². The summed E-state index contributed by atoms with van der Waals surface area (Å²) in [7, 11) is 0. The minimum atomic E-state index is -0.269. The molecule has 1 unspecified atom stereocenters. The van der Waals surface area contributed by atoms with Crippen LogP contribution in [-0.2, 0) is 9.53 Å². The van der Waals surface area contributed by atoms with Gasteiger partial charge in [0.25, 0.3) is 5.91 Å². The Hall–Kier alpha value is -2.70. The Morgan fingerprint density at radius 2 is 2.04 bits per heavy atom. The predicted octanol–water partition coefficient (Wildman–Crippen LogP) is 1.99. The highest BCUT2D eigenvalue weighted by molar-refractivity contribution is 5.91. The van der Waals surface area contributed by atoms with Crippen LogP contribution < -0.4 is 0 Å². The summed E-state index contributed by atoms with van der Waals surface area (Å²) in [6.45, 7) is 4.91. The average molecular weight is 342 g/mol. The highest BCUT2D eigenvalue weighted by Crippen LogP contribution is 2.20. The van der Waals surface area contributed by atoms with E-state index >= 15 is 0 Å². The van der Waals surface area contributed by atoms with E-state index in [0.29, 0.717) is 25.5 Å². The molecule has 0 N–H and O–H groups in total. The standard InChI is InChI=1S/C18H22N4O3/c1-3-25-18(24)14-8-7-11-21(12-14)17(23)16-19-13(2)22(20-16)15-9-5-4-6-10-15/h4-6,9-10,14H,3,7-8,11-12H2,1-2H3. The molecule has 0 saturated carbocycles. The topological polar surface area (TPSA) is 77.3 Å². The number of aromatic nitrogens is 3. The van der Waals surface area contributed by atoms with Gasteiger partial charge in [0.15, 0.2) is 0 Å². The highest BCUT2D eigenvalue weighted by Gasteiger charge is 2.31. The third-order valence-electron chi connectivity index (χ3n) is 4.29. The molecule has 3 rings (SSSR count). The van der Waals surface area contributed by atoms with Crippen LogP contribution in [0, 0.1) is 12.8 Å². The third-order valence-corrected chi connectivity index (χ3v) is 4.29. The largest absolute Gasteiger partial charge is 0.466 e. The summed E-state index contributed by atoms with van der Waals surface area (Å²) in [6, 6.07) is 9.56. The molecule has 0 aliphatic carbocycles. The molecule has 2 heterocycles. The van der Waals surface area contributed by atoms with Crippen molar-refractivity contribution < 1.29 is 14.3 Å². The Labute approximate surface area is 146 Å². The van der Waals surface area contributed by atoms with Crippen molar-refractivity contribution in [1.82, 2.24) is 19.7 Å². The van der Waals surface area contributed by atoms with Crippen LogP contribution in [0.1, 0.15) is 36.2 Å². The molecule has 2 aromatic rings. The zero-order valence-corrected chi connectivity index (χ0v) is 14.5. The number of rotatable bonds is 4. The summed E-state index contributed by atoms with van der Waals surface area (Å²) >= 11 is 0. The lowest BCUT2D eigenvalue weighted by molar-refractivity contribution is -0.149. The maximum Gasteiger partial charge on any atom is 0.310 e. The molecule has 1 atom stereocenters. The molecule has 1 aliphatic heterocycles. The van der Waals surface area contributed by atoms with Gasteiger partial charge in [-0.2, -0.15) is 0 Å². The van der Waals surface area contributed by atoms with E-state index in [2.05, 4.69) is 10.1 Å². The number of esters is 1. The van der Waals surface area contributed by atoms with Crippen LogP contribution in [0.25, 0.3) is 5.69 Å². The second kappa shape index (κ2) is 7.46. The molecule has 1 saturated heterocycles. The normalized spacial score (nSPS) is 17.4. The molecule has 1 amide bonds. The number of hydrogen-bond donors (Lipinski definition) is 0. The zero-order chi connectivity index (χ0) is 17.8. The summed E-state index contributed by atoms with van der Waals surface area (Å²) in [6.07, 6.45) is 1.52. The number of aryl methyl sites for hydroxylation is 1. The molecule has 0 spiro atoms. The molecular formula is C18H22N4O3. The monoisotopic (exact) mass is 342 g/mol. The second-order valence-corrected chi connectivity index (χ2v) is 6.07. The molecular weight excluding hydrogens is 320 g/mol. The third kappa shape index (κ3) is 3.70. The molecule has 1 fully saturated rings. The van der Waals surface area contributed by atoms with Gasteiger partial charge in [0.2, 0.25) is 5.82 Å². The lowest BCUT2D eigenvalue weighted by atomic mass is 9.98. The van der Waals surface area contributed by atoms with Crippen LogP contribution in [0.2, 0.25) is 0 Å². The molecule has 1 aliphatic rings. The van der Waals surface area contributed by atoms with E-state index in [1.807, 2.05) is 37.3 Å². The van der Waals surface area contributed by atoms with Gasteiger partial charge < -0.3 is 9.64 Å². The van der Waals surface area contributed by atoms with Gasteiger partial charge in [-0.1, -0.05) is 18.2 Å². The van der Waals surface area contributed by atoms with Crippen LogP contribution in [0.15, 0.2) is 30.3 Å². The SMILES string of the molecule is CCOC(=O)C1CCCN(C(=O)c2nc(C)n(-c3ccccc3)n2)C1. The van der Waals surface area contributed by atoms with Gasteiger partial charge in [-0.3, -0.25) is 9.59 Å². The number of piperidine rings is 1. The molecule has 7 heteroatoms. The number of hydrogen-bond acceptors (Lipinski definition) is 5. The highest BCUT2D eigenvalue weighted by atomic mass is 16.5. The first-order valence-corrected chi connectivity index (χ1v) is 8.55. The number of likely N-dealkylation sites (tertiary alicyclic amines) is 1. The first-order valence-electron chi connectivity index (χ1n) is 8.55. The first kappa shape index (κ1) is 17.1. The quantitative estimate of drug-likeness (QED) is 0.794. The molecule has 0 radical (unpaired) electrons. The molecule has 25 heavy (non-hydrogen) atoms. The van der Waals surface area contributed by atoms with Gasteiger partial charge in [-0.05, 0) is 38.8 Å². The van der Waals surface area contributed by atoms with Gasteiger partial charge >= 0.3 is 5.97 Å². The summed E-state index contributed by atoms with van der Waals surface area (Å²) in [5.74, 6) is 0.0556. The summed E-state index contributed by atoms with van der Waals surface area (Å²) in [5.41, 5.74) is 0.856. The first-order chi connectivity index (χ1) is 12.1. The summed E-state index contributed by atoms with van der Waals surface area (Å²) < 4.78 is 6.74. The fraction of sp³-hybridized carbons (Fsp3) is 0.444. The number of carbonyl (C=O) groups excluding carboxylic acids is 2. The molecule has 132 valence electrons.